The summed E-state index contributed by atoms with van der Waals surface area (Å²) in [7, 11) is 0. The molecule has 2 aromatic rings. The first-order valence-electron chi connectivity index (χ1n) is 13.2. The Labute approximate surface area is 236 Å². The lowest BCUT2D eigenvalue weighted by Gasteiger charge is -2.43. The maximum absolute atomic E-state index is 14.3. The number of amides is 4. The van der Waals surface area contributed by atoms with Crippen LogP contribution in [0.15, 0.2) is 42.5 Å². The lowest BCUT2D eigenvalue weighted by atomic mass is 9.94. The van der Waals surface area contributed by atoms with E-state index in [1.54, 1.807) is 59.7 Å². The summed E-state index contributed by atoms with van der Waals surface area (Å²) in [5, 5.41) is 16.3. The predicted octanol–water partition coefficient (Wildman–Crippen LogP) is 4.47. The van der Waals surface area contributed by atoms with E-state index in [2.05, 4.69) is 10.6 Å². The molecule has 0 aliphatic heterocycles. The van der Waals surface area contributed by atoms with E-state index in [1.165, 1.54) is 11.0 Å². The Hall–Kier alpha value is -4.08. The Morgan fingerprint density at radius 2 is 1.52 bits per heavy atom. The van der Waals surface area contributed by atoms with Crippen molar-refractivity contribution in [1.82, 2.24) is 10.2 Å². The smallest absolute Gasteiger partial charge is 0.408 e. The number of nitrogens with one attached hydrogen (secondary N) is 2. The van der Waals surface area contributed by atoms with Crippen LogP contribution in [0.1, 0.15) is 77.1 Å². The van der Waals surface area contributed by atoms with Gasteiger partial charge in [0, 0.05) is 23.2 Å². The normalized spacial score (nSPS) is 13.1. The number of nitrogens with zero attached hydrogens (tertiary/aromatic N) is 1. The molecule has 0 spiro atoms. The number of aromatic hydroxyl groups is 1. The van der Waals surface area contributed by atoms with Gasteiger partial charge in [0.1, 0.15) is 23.4 Å². The minimum atomic E-state index is -1.30. The summed E-state index contributed by atoms with van der Waals surface area (Å²) in [6.45, 7) is 14.0. The van der Waals surface area contributed by atoms with Gasteiger partial charge in [0.15, 0.2) is 0 Å². The molecule has 218 valence electrons. The first kappa shape index (κ1) is 32.1. The van der Waals surface area contributed by atoms with E-state index < -0.39 is 47.0 Å². The zero-order valence-electron chi connectivity index (χ0n) is 24.6. The third-order valence-electron chi connectivity index (χ3n) is 6.10. The number of benzene rings is 2. The summed E-state index contributed by atoms with van der Waals surface area (Å²) in [5.74, 6) is -2.05. The van der Waals surface area contributed by atoms with Crippen molar-refractivity contribution in [3.8, 4) is 5.75 Å². The molecular weight excluding hydrogens is 512 g/mol. The number of alkyl carbamates (subject to hydrolysis) is 1. The van der Waals surface area contributed by atoms with Crippen LogP contribution in [0.3, 0.4) is 0 Å². The molecule has 0 aliphatic rings. The highest BCUT2D eigenvalue weighted by atomic mass is 16.6. The van der Waals surface area contributed by atoms with Crippen molar-refractivity contribution in [2.75, 3.05) is 5.32 Å². The fourth-order valence-electron chi connectivity index (χ4n) is 4.33. The van der Waals surface area contributed by atoms with Crippen molar-refractivity contribution in [1.29, 1.82) is 0 Å². The van der Waals surface area contributed by atoms with Crippen molar-refractivity contribution in [3.63, 3.8) is 0 Å². The summed E-state index contributed by atoms with van der Waals surface area (Å²) in [4.78, 5) is 54.0. The van der Waals surface area contributed by atoms with E-state index in [0.717, 1.165) is 11.1 Å². The van der Waals surface area contributed by atoms with Crippen LogP contribution in [0.4, 0.5) is 10.5 Å². The monoisotopic (exact) mass is 554 g/mol. The number of ether oxygens (including phenoxy) is 1. The molecule has 2 unspecified atom stereocenters. The Bertz CT molecular complexity index is 1230. The number of para-hydroxylation sites is 2. The van der Waals surface area contributed by atoms with Crippen molar-refractivity contribution in [2.45, 2.75) is 91.5 Å². The minimum Gasteiger partial charge on any atom is -0.508 e. The maximum atomic E-state index is 14.3. The van der Waals surface area contributed by atoms with Crippen LogP contribution < -0.4 is 16.4 Å². The number of carbonyl (C=O) groups is 4. The van der Waals surface area contributed by atoms with Crippen LogP contribution >= 0.6 is 0 Å². The number of hydrogen-bond acceptors (Lipinski definition) is 6. The Morgan fingerprint density at radius 3 is 2.02 bits per heavy atom. The lowest BCUT2D eigenvalue weighted by molar-refractivity contribution is -0.147. The van der Waals surface area contributed by atoms with Crippen molar-refractivity contribution in [3.05, 3.63) is 59.2 Å². The number of rotatable bonds is 9. The van der Waals surface area contributed by atoms with Gasteiger partial charge in [0.2, 0.25) is 11.8 Å². The van der Waals surface area contributed by atoms with Gasteiger partial charge >= 0.3 is 6.09 Å². The molecule has 10 heteroatoms. The summed E-state index contributed by atoms with van der Waals surface area (Å²) in [6.07, 6.45) is -1.17. The summed E-state index contributed by atoms with van der Waals surface area (Å²) in [5.41, 5.74) is 5.97. The van der Waals surface area contributed by atoms with Crippen molar-refractivity contribution < 1.29 is 29.0 Å². The first-order chi connectivity index (χ1) is 18.4. The molecule has 0 saturated heterocycles. The third-order valence-corrected chi connectivity index (χ3v) is 6.10. The molecule has 10 nitrogen and oxygen atoms in total. The summed E-state index contributed by atoms with van der Waals surface area (Å²) < 4.78 is 5.35. The molecular formula is C30H42N4O6. The average molecular weight is 555 g/mol. The highest BCUT2D eigenvalue weighted by Crippen LogP contribution is 2.36. The minimum absolute atomic E-state index is 0.119. The van der Waals surface area contributed by atoms with Crippen LogP contribution in [0.25, 0.3) is 0 Å². The van der Waals surface area contributed by atoms with Crippen LogP contribution in [0, 0.1) is 13.8 Å². The quantitative estimate of drug-likeness (QED) is 0.359. The molecule has 0 heterocycles. The van der Waals surface area contributed by atoms with E-state index >= 15 is 0 Å². The number of aryl methyl sites for hydroxylation is 2. The summed E-state index contributed by atoms with van der Waals surface area (Å²) >= 11 is 0. The maximum Gasteiger partial charge on any atom is 0.408 e. The van der Waals surface area contributed by atoms with Gasteiger partial charge in [-0.3, -0.25) is 14.4 Å². The second-order valence-electron chi connectivity index (χ2n) is 11.8. The van der Waals surface area contributed by atoms with Gasteiger partial charge in [-0.1, -0.05) is 36.4 Å². The number of phenolic OH excluding ortho intramolecular Hbond substituents is 1. The number of hydrogen-bond donors (Lipinski definition) is 4. The van der Waals surface area contributed by atoms with Gasteiger partial charge in [0.05, 0.1) is 0 Å². The number of phenols is 1. The Balaban J connectivity index is 2.65. The van der Waals surface area contributed by atoms with E-state index in [9.17, 15) is 24.3 Å². The number of carbonyl (C=O) groups excluding carboxylic acids is 4. The second kappa shape index (κ2) is 12.8. The van der Waals surface area contributed by atoms with Crippen molar-refractivity contribution in [2.24, 2.45) is 5.73 Å². The molecule has 0 aromatic heterocycles. The highest BCUT2D eigenvalue weighted by Gasteiger charge is 2.43. The van der Waals surface area contributed by atoms with E-state index in [0.29, 0.717) is 5.69 Å². The topological polar surface area (TPSA) is 151 Å². The number of nitrogens with two attached hydrogens (primary N) is 1. The van der Waals surface area contributed by atoms with E-state index in [4.69, 9.17) is 10.5 Å². The number of anilines is 1. The average Bonchev–Trinajstić information content (AvgIpc) is 2.80. The van der Waals surface area contributed by atoms with Crippen molar-refractivity contribution >= 4 is 29.5 Å². The van der Waals surface area contributed by atoms with Gasteiger partial charge < -0.3 is 31.1 Å². The molecule has 2 aromatic carbocycles. The van der Waals surface area contributed by atoms with Gasteiger partial charge in [-0.2, -0.15) is 0 Å². The Morgan fingerprint density at radius 1 is 0.950 bits per heavy atom. The zero-order valence-corrected chi connectivity index (χ0v) is 24.6. The van der Waals surface area contributed by atoms with Crippen LogP contribution in [0.5, 0.6) is 5.75 Å². The molecule has 5 N–H and O–H groups in total. The first-order valence-corrected chi connectivity index (χ1v) is 13.2. The predicted molar refractivity (Wildman–Crippen MR) is 154 cm³/mol. The fourth-order valence-corrected chi connectivity index (χ4v) is 4.33. The van der Waals surface area contributed by atoms with E-state index in [1.807, 2.05) is 32.0 Å². The zero-order chi connectivity index (χ0) is 30.4. The van der Waals surface area contributed by atoms with Gasteiger partial charge in [-0.25, -0.2) is 4.79 Å². The van der Waals surface area contributed by atoms with Gasteiger partial charge in [-0.15, -0.1) is 0 Å². The van der Waals surface area contributed by atoms with E-state index in [-0.39, 0.29) is 24.2 Å². The third kappa shape index (κ3) is 8.72. The second-order valence-corrected chi connectivity index (χ2v) is 11.8. The van der Waals surface area contributed by atoms with Crippen LogP contribution in [-0.4, -0.2) is 51.0 Å². The largest absolute Gasteiger partial charge is 0.508 e. The van der Waals surface area contributed by atoms with Gasteiger partial charge in [0.25, 0.3) is 5.91 Å². The fraction of sp³-hybridized carbons (Fsp3) is 0.467. The molecule has 0 radical (unpaired) electrons. The molecule has 0 saturated carbocycles. The van der Waals surface area contributed by atoms with Crippen LogP contribution in [-0.2, 0) is 19.1 Å². The molecule has 0 aliphatic carbocycles. The number of primary amides is 1. The molecule has 2 rings (SSSR count). The lowest BCUT2D eigenvalue weighted by Crippen LogP contribution is -2.58. The van der Waals surface area contributed by atoms with Crippen LogP contribution in [0.2, 0.25) is 0 Å². The summed E-state index contributed by atoms with van der Waals surface area (Å²) in [6, 6.07) is 9.30. The molecule has 0 bridgehead atoms. The SMILES string of the molecule is Cc1cccc(C)c1NC(=O)C(c1ccccc1O)N(C(=O)C(CCC(N)=O)NC(=O)OC(C)(C)C)C(C)(C)C. The Kier molecular flexibility index (Phi) is 10.3. The molecule has 4 amide bonds. The highest BCUT2D eigenvalue weighted by molar-refractivity contribution is 6.00. The standard InChI is InChI=1S/C30H42N4O6/c1-18-12-11-13-19(2)24(18)33-26(37)25(20-14-9-10-15-22(20)35)34(29(3,4)5)27(38)21(16-17-23(31)36)32-28(39)40-30(6,7)8/h9-15,21,25,35H,16-17H2,1-8H3,(H2,31,36)(H,32,39)(H,33,37). The van der Waals surface area contributed by atoms with Gasteiger partial charge in [-0.05, 0) is 79.0 Å². The molecule has 2 atom stereocenters. The molecule has 0 fully saturated rings. The molecule has 40 heavy (non-hydrogen) atoms.